The summed E-state index contributed by atoms with van der Waals surface area (Å²) < 4.78 is 0. The van der Waals surface area contributed by atoms with Crippen LogP contribution in [-0.2, 0) is 9.59 Å². The SMILES string of the molecule is CC(C)N(CC(=O)O)C(=O)C1CCCC1N. The van der Waals surface area contributed by atoms with Gasteiger partial charge in [-0.15, -0.1) is 0 Å². The quantitative estimate of drug-likeness (QED) is 0.731. The molecule has 0 heterocycles. The maximum absolute atomic E-state index is 12.1. The summed E-state index contributed by atoms with van der Waals surface area (Å²) in [6.07, 6.45) is 2.59. The first-order valence-electron chi connectivity index (χ1n) is 5.71. The zero-order valence-corrected chi connectivity index (χ0v) is 9.85. The van der Waals surface area contributed by atoms with Crippen molar-refractivity contribution in [1.82, 2.24) is 4.90 Å². The van der Waals surface area contributed by atoms with Crippen LogP contribution in [0.15, 0.2) is 0 Å². The normalized spacial score (nSPS) is 24.8. The maximum atomic E-state index is 12.1. The molecule has 2 atom stereocenters. The molecule has 1 saturated carbocycles. The second kappa shape index (κ2) is 5.30. The Hall–Kier alpha value is -1.10. The molecule has 5 nitrogen and oxygen atoms in total. The number of carbonyl (C=O) groups excluding carboxylic acids is 1. The molecule has 0 aromatic carbocycles. The van der Waals surface area contributed by atoms with Gasteiger partial charge in [0.05, 0.1) is 5.92 Å². The Morgan fingerprint density at radius 2 is 2.06 bits per heavy atom. The molecule has 1 rings (SSSR count). The fraction of sp³-hybridized carbons (Fsp3) is 0.818. The number of carboxylic acids is 1. The molecule has 5 heteroatoms. The lowest BCUT2D eigenvalue weighted by atomic mass is 10.0. The second-order valence-electron chi connectivity index (χ2n) is 4.65. The van der Waals surface area contributed by atoms with E-state index in [1.807, 2.05) is 13.8 Å². The van der Waals surface area contributed by atoms with Crippen LogP contribution in [0.2, 0.25) is 0 Å². The summed E-state index contributed by atoms with van der Waals surface area (Å²) in [5.74, 6) is -1.28. The zero-order chi connectivity index (χ0) is 12.3. The molecule has 16 heavy (non-hydrogen) atoms. The van der Waals surface area contributed by atoms with Crippen LogP contribution in [0.1, 0.15) is 33.1 Å². The zero-order valence-electron chi connectivity index (χ0n) is 9.85. The molecule has 1 aliphatic carbocycles. The van der Waals surface area contributed by atoms with Crippen molar-refractivity contribution >= 4 is 11.9 Å². The Morgan fingerprint density at radius 1 is 1.44 bits per heavy atom. The molecule has 0 aromatic rings. The molecule has 1 amide bonds. The Bertz CT molecular complexity index is 278. The monoisotopic (exact) mass is 228 g/mol. The molecule has 92 valence electrons. The summed E-state index contributed by atoms with van der Waals surface area (Å²) in [5.41, 5.74) is 5.85. The topological polar surface area (TPSA) is 83.6 Å². The van der Waals surface area contributed by atoms with E-state index in [-0.39, 0.29) is 30.5 Å². The summed E-state index contributed by atoms with van der Waals surface area (Å²) in [6.45, 7) is 3.41. The number of nitrogens with two attached hydrogens (primary N) is 1. The smallest absolute Gasteiger partial charge is 0.323 e. The van der Waals surface area contributed by atoms with Crippen LogP contribution >= 0.6 is 0 Å². The Labute approximate surface area is 95.6 Å². The van der Waals surface area contributed by atoms with E-state index in [9.17, 15) is 9.59 Å². The summed E-state index contributed by atoms with van der Waals surface area (Å²) in [4.78, 5) is 24.2. The van der Waals surface area contributed by atoms with Gasteiger partial charge in [0.15, 0.2) is 0 Å². The molecule has 0 saturated heterocycles. The lowest BCUT2D eigenvalue weighted by Gasteiger charge is -2.29. The van der Waals surface area contributed by atoms with Crippen molar-refractivity contribution in [2.75, 3.05) is 6.54 Å². The highest BCUT2D eigenvalue weighted by atomic mass is 16.4. The van der Waals surface area contributed by atoms with Gasteiger partial charge in [-0.05, 0) is 26.7 Å². The van der Waals surface area contributed by atoms with Crippen LogP contribution in [0.3, 0.4) is 0 Å². The van der Waals surface area contributed by atoms with Crippen LogP contribution in [0.5, 0.6) is 0 Å². The van der Waals surface area contributed by atoms with Crippen LogP contribution in [0.25, 0.3) is 0 Å². The molecule has 0 radical (unpaired) electrons. The first-order valence-corrected chi connectivity index (χ1v) is 5.71. The third kappa shape index (κ3) is 2.95. The summed E-state index contributed by atoms with van der Waals surface area (Å²) in [6, 6.07) is -0.209. The van der Waals surface area contributed by atoms with Gasteiger partial charge in [-0.1, -0.05) is 6.42 Å². The Balaban J connectivity index is 2.70. The number of rotatable bonds is 4. The maximum Gasteiger partial charge on any atom is 0.323 e. The van der Waals surface area contributed by atoms with Crippen molar-refractivity contribution in [1.29, 1.82) is 0 Å². The molecular weight excluding hydrogens is 208 g/mol. The second-order valence-corrected chi connectivity index (χ2v) is 4.65. The molecule has 1 fully saturated rings. The highest BCUT2D eigenvalue weighted by Gasteiger charge is 2.34. The fourth-order valence-electron chi connectivity index (χ4n) is 2.17. The lowest BCUT2D eigenvalue weighted by Crippen LogP contribution is -2.47. The van der Waals surface area contributed by atoms with Crippen molar-refractivity contribution in [2.45, 2.75) is 45.2 Å². The number of aliphatic carboxylic acids is 1. The van der Waals surface area contributed by atoms with Gasteiger partial charge in [0.25, 0.3) is 0 Å². The first-order chi connectivity index (χ1) is 7.43. The van der Waals surface area contributed by atoms with Gasteiger partial charge >= 0.3 is 5.97 Å². The average molecular weight is 228 g/mol. The fourth-order valence-corrected chi connectivity index (χ4v) is 2.17. The number of carboxylic acid groups (broad SMARTS) is 1. The van der Waals surface area contributed by atoms with Gasteiger partial charge in [-0.2, -0.15) is 0 Å². The van der Waals surface area contributed by atoms with E-state index in [1.165, 1.54) is 4.90 Å². The van der Waals surface area contributed by atoms with E-state index < -0.39 is 5.97 Å². The van der Waals surface area contributed by atoms with Gasteiger partial charge in [0, 0.05) is 12.1 Å². The van der Waals surface area contributed by atoms with Crippen LogP contribution in [0, 0.1) is 5.92 Å². The molecule has 0 spiro atoms. The van der Waals surface area contributed by atoms with Gasteiger partial charge in [-0.3, -0.25) is 9.59 Å². The minimum absolute atomic E-state index is 0.101. The van der Waals surface area contributed by atoms with Gasteiger partial charge in [0.2, 0.25) is 5.91 Å². The van der Waals surface area contributed by atoms with Crippen molar-refractivity contribution in [2.24, 2.45) is 11.7 Å². The van der Waals surface area contributed by atoms with Gasteiger partial charge in [0.1, 0.15) is 6.54 Å². The first kappa shape index (κ1) is 13.0. The van der Waals surface area contributed by atoms with Crippen molar-refractivity contribution in [3.05, 3.63) is 0 Å². The van der Waals surface area contributed by atoms with Gasteiger partial charge in [-0.25, -0.2) is 0 Å². The average Bonchev–Trinajstić information content (AvgIpc) is 2.59. The summed E-state index contributed by atoms with van der Waals surface area (Å²) in [7, 11) is 0. The predicted octanol–water partition coefficient (Wildman–Crippen LogP) is 0.435. The number of hydrogen-bond acceptors (Lipinski definition) is 3. The van der Waals surface area contributed by atoms with Crippen LogP contribution in [0.4, 0.5) is 0 Å². The van der Waals surface area contributed by atoms with E-state index in [2.05, 4.69) is 0 Å². The third-order valence-corrected chi connectivity index (χ3v) is 3.10. The van der Waals surface area contributed by atoms with Gasteiger partial charge < -0.3 is 15.7 Å². The molecule has 0 aliphatic heterocycles. The van der Waals surface area contributed by atoms with E-state index in [4.69, 9.17) is 10.8 Å². The van der Waals surface area contributed by atoms with Crippen LogP contribution in [-0.4, -0.2) is 40.5 Å². The number of nitrogens with zero attached hydrogens (tertiary/aromatic N) is 1. The number of carbonyl (C=O) groups is 2. The number of amides is 1. The van der Waals surface area contributed by atoms with Crippen molar-refractivity contribution in [3.8, 4) is 0 Å². The lowest BCUT2D eigenvalue weighted by molar-refractivity contribution is -0.147. The van der Waals surface area contributed by atoms with E-state index >= 15 is 0 Å². The molecular formula is C11H20N2O3. The van der Waals surface area contributed by atoms with E-state index in [0.29, 0.717) is 0 Å². The summed E-state index contributed by atoms with van der Waals surface area (Å²) >= 11 is 0. The Morgan fingerprint density at radius 3 is 2.44 bits per heavy atom. The minimum atomic E-state index is -0.978. The number of hydrogen-bond donors (Lipinski definition) is 2. The van der Waals surface area contributed by atoms with E-state index in [1.54, 1.807) is 0 Å². The summed E-state index contributed by atoms with van der Waals surface area (Å²) in [5, 5.41) is 8.77. The van der Waals surface area contributed by atoms with E-state index in [0.717, 1.165) is 19.3 Å². The standard InChI is InChI=1S/C11H20N2O3/c1-7(2)13(6-10(14)15)11(16)8-4-3-5-9(8)12/h7-9H,3-6,12H2,1-2H3,(H,14,15). The Kier molecular flexibility index (Phi) is 4.29. The largest absolute Gasteiger partial charge is 0.480 e. The highest BCUT2D eigenvalue weighted by molar-refractivity contribution is 5.84. The van der Waals surface area contributed by atoms with Crippen LogP contribution < -0.4 is 5.73 Å². The predicted molar refractivity (Wildman–Crippen MR) is 59.8 cm³/mol. The third-order valence-electron chi connectivity index (χ3n) is 3.10. The molecule has 3 N–H and O–H groups in total. The molecule has 2 unspecified atom stereocenters. The molecule has 0 aromatic heterocycles. The molecule has 0 bridgehead atoms. The molecule has 1 aliphatic rings. The van der Waals surface area contributed by atoms with Crippen molar-refractivity contribution < 1.29 is 14.7 Å². The minimum Gasteiger partial charge on any atom is -0.480 e. The van der Waals surface area contributed by atoms with Crippen molar-refractivity contribution in [3.63, 3.8) is 0 Å². The highest BCUT2D eigenvalue weighted by Crippen LogP contribution is 2.26.